The fourth-order valence-corrected chi connectivity index (χ4v) is 4.78. The molecule has 1 N–H and O–H groups in total. The second kappa shape index (κ2) is 9.36. The number of carboxylic acids is 1. The van der Waals surface area contributed by atoms with Gasteiger partial charge in [-0.25, -0.2) is 4.79 Å². The lowest BCUT2D eigenvalue weighted by atomic mass is 9.97. The highest BCUT2D eigenvalue weighted by atomic mass is 35.5. The van der Waals surface area contributed by atoms with E-state index in [1.165, 1.54) is 12.1 Å². The van der Waals surface area contributed by atoms with E-state index in [4.69, 9.17) is 16.3 Å². The van der Waals surface area contributed by atoms with E-state index in [0.717, 1.165) is 11.1 Å². The molecule has 0 unspecified atom stereocenters. The number of hydrogen-bond acceptors (Lipinski definition) is 4. The minimum atomic E-state index is -1.09. The van der Waals surface area contributed by atoms with Crippen molar-refractivity contribution in [1.82, 2.24) is 4.57 Å². The van der Waals surface area contributed by atoms with Crippen LogP contribution in [0.5, 0.6) is 5.75 Å². The van der Waals surface area contributed by atoms with Gasteiger partial charge in [-0.3, -0.25) is 10.1 Å². The van der Waals surface area contributed by atoms with E-state index in [9.17, 15) is 20.0 Å². The minimum absolute atomic E-state index is 0.0518. The third-order valence-electron chi connectivity index (χ3n) is 6.13. The molecule has 0 amide bonds. The molecular weight excluding hydrogens is 480 g/mol. The predicted octanol–water partition coefficient (Wildman–Crippen LogP) is 7.17. The molecule has 4 aromatic carbocycles. The van der Waals surface area contributed by atoms with E-state index in [1.54, 1.807) is 30.3 Å². The SMILES string of the molecule is CCOc1c(-c2ccc([N+](=O)[O-])cc2)cc(C(=O)O)c2c3cc(Cl)ccc3n(Cc3ccccc3)c12. The van der Waals surface area contributed by atoms with Crippen LogP contribution in [-0.2, 0) is 6.54 Å². The number of fused-ring (bicyclic) bond motifs is 3. The van der Waals surface area contributed by atoms with Crippen molar-refractivity contribution in [2.75, 3.05) is 6.61 Å². The van der Waals surface area contributed by atoms with E-state index in [1.807, 2.05) is 47.9 Å². The van der Waals surface area contributed by atoms with Crippen LogP contribution in [-0.4, -0.2) is 27.2 Å². The largest absolute Gasteiger partial charge is 0.491 e. The number of aromatic nitrogens is 1. The van der Waals surface area contributed by atoms with Crippen molar-refractivity contribution >= 4 is 45.1 Å². The maximum absolute atomic E-state index is 12.5. The number of hydrogen-bond donors (Lipinski definition) is 1. The molecule has 8 heteroatoms. The van der Waals surface area contributed by atoms with Gasteiger partial charge in [-0.1, -0.05) is 41.9 Å². The number of aromatic carboxylic acids is 1. The van der Waals surface area contributed by atoms with Gasteiger partial charge in [0, 0.05) is 45.6 Å². The van der Waals surface area contributed by atoms with Gasteiger partial charge in [0.25, 0.3) is 5.69 Å². The molecule has 36 heavy (non-hydrogen) atoms. The maximum Gasteiger partial charge on any atom is 0.336 e. The molecule has 0 radical (unpaired) electrons. The zero-order valence-electron chi connectivity index (χ0n) is 19.3. The van der Waals surface area contributed by atoms with Gasteiger partial charge in [-0.05, 0) is 54.4 Å². The first-order chi connectivity index (χ1) is 17.4. The van der Waals surface area contributed by atoms with Crippen LogP contribution < -0.4 is 4.74 Å². The lowest BCUT2D eigenvalue weighted by Crippen LogP contribution is -2.05. The molecule has 0 aliphatic rings. The summed E-state index contributed by atoms with van der Waals surface area (Å²) in [6.45, 7) is 2.68. The molecule has 0 atom stereocenters. The highest BCUT2D eigenvalue weighted by Gasteiger charge is 2.25. The maximum atomic E-state index is 12.5. The number of carbonyl (C=O) groups is 1. The first-order valence-electron chi connectivity index (χ1n) is 11.3. The lowest BCUT2D eigenvalue weighted by Gasteiger charge is -2.17. The van der Waals surface area contributed by atoms with E-state index < -0.39 is 10.9 Å². The number of rotatable bonds is 7. The predicted molar refractivity (Wildman–Crippen MR) is 140 cm³/mol. The standard InChI is InChI=1S/C28H21ClN2O5/c1-2-36-27-21(18-8-11-20(12-9-18)31(34)35)15-23(28(32)33)25-22-14-19(29)10-13-24(22)30(26(25)27)16-17-6-4-3-5-7-17/h3-15H,2,16H2,1H3,(H,32,33). The van der Waals surface area contributed by atoms with Gasteiger partial charge >= 0.3 is 5.97 Å². The number of non-ortho nitro benzene ring substituents is 1. The number of carboxylic acid groups (broad SMARTS) is 1. The molecule has 1 heterocycles. The Morgan fingerprint density at radius 1 is 1.06 bits per heavy atom. The Balaban J connectivity index is 1.91. The van der Waals surface area contributed by atoms with Crippen molar-refractivity contribution in [3.05, 3.63) is 105 Å². The van der Waals surface area contributed by atoms with Crippen LogP contribution in [0.3, 0.4) is 0 Å². The Bertz CT molecular complexity index is 1630. The molecule has 0 aliphatic carbocycles. The normalized spacial score (nSPS) is 11.2. The van der Waals surface area contributed by atoms with E-state index in [-0.39, 0.29) is 11.3 Å². The topological polar surface area (TPSA) is 94.6 Å². The number of benzene rings is 4. The molecule has 180 valence electrons. The van der Waals surface area contributed by atoms with Crippen LogP contribution >= 0.6 is 11.6 Å². The summed E-state index contributed by atoms with van der Waals surface area (Å²) in [7, 11) is 0. The zero-order valence-corrected chi connectivity index (χ0v) is 20.0. The summed E-state index contributed by atoms with van der Waals surface area (Å²) in [5.74, 6) is -0.584. The van der Waals surface area contributed by atoms with Crippen LogP contribution in [0.1, 0.15) is 22.8 Å². The van der Waals surface area contributed by atoms with Crippen LogP contribution in [0.25, 0.3) is 32.9 Å². The molecule has 0 aliphatic heterocycles. The molecule has 5 aromatic rings. The molecule has 0 saturated heterocycles. The fraction of sp³-hybridized carbons (Fsp3) is 0.107. The van der Waals surface area contributed by atoms with Gasteiger partial charge in [0.15, 0.2) is 5.75 Å². The summed E-state index contributed by atoms with van der Waals surface area (Å²) in [4.78, 5) is 23.2. The van der Waals surface area contributed by atoms with Crippen molar-refractivity contribution < 1.29 is 19.6 Å². The van der Waals surface area contributed by atoms with Crippen molar-refractivity contribution in [2.45, 2.75) is 13.5 Å². The Morgan fingerprint density at radius 3 is 2.42 bits per heavy atom. The third-order valence-corrected chi connectivity index (χ3v) is 6.37. The summed E-state index contributed by atoms with van der Waals surface area (Å²) >= 11 is 6.35. The van der Waals surface area contributed by atoms with E-state index in [0.29, 0.717) is 51.3 Å². The van der Waals surface area contributed by atoms with E-state index in [2.05, 4.69) is 0 Å². The second-order valence-corrected chi connectivity index (χ2v) is 8.74. The van der Waals surface area contributed by atoms with Crippen molar-refractivity contribution in [1.29, 1.82) is 0 Å². The Kier molecular flexibility index (Phi) is 6.08. The van der Waals surface area contributed by atoms with Crippen LogP contribution in [0.15, 0.2) is 78.9 Å². The summed E-state index contributed by atoms with van der Waals surface area (Å²) in [6, 6.07) is 22.9. The van der Waals surface area contributed by atoms with Crippen LogP contribution in [0, 0.1) is 10.1 Å². The van der Waals surface area contributed by atoms with Crippen LogP contribution in [0.4, 0.5) is 5.69 Å². The monoisotopic (exact) mass is 500 g/mol. The average Bonchev–Trinajstić information content (AvgIpc) is 3.18. The molecule has 1 aromatic heterocycles. The van der Waals surface area contributed by atoms with Crippen molar-refractivity contribution in [3.63, 3.8) is 0 Å². The van der Waals surface area contributed by atoms with Crippen molar-refractivity contribution in [3.8, 4) is 16.9 Å². The third kappa shape index (κ3) is 4.03. The Morgan fingerprint density at radius 2 is 1.78 bits per heavy atom. The number of nitro benzene ring substituents is 1. The summed E-state index contributed by atoms with van der Waals surface area (Å²) in [5.41, 5.74) is 3.69. The molecule has 0 bridgehead atoms. The van der Waals surface area contributed by atoms with Gasteiger partial charge in [0.05, 0.1) is 22.6 Å². The number of nitro groups is 1. The Labute approximate surface area is 211 Å². The van der Waals surface area contributed by atoms with E-state index >= 15 is 0 Å². The summed E-state index contributed by atoms with van der Waals surface area (Å²) in [5, 5.41) is 23.2. The average molecular weight is 501 g/mol. The minimum Gasteiger partial charge on any atom is -0.491 e. The first kappa shape index (κ1) is 23.4. The first-order valence-corrected chi connectivity index (χ1v) is 11.7. The molecule has 5 rings (SSSR count). The molecular formula is C28H21ClN2O5. The second-order valence-electron chi connectivity index (χ2n) is 8.30. The van der Waals surface area contributed by atoms with Gasteiger partial charge in [-0.15, -0.1) is 0 Å². The lowest BCUT2D eigenvalue weighted by molar-refractivity contribution is -0.384. The van der Waals surface area contributed by atoms with Gasteiger partial charge in [0.2, 0.25) is 0 Å². The molecule has 0 saturated carbocycles. The highest BCUT2D eigenvalue weighted by molar-refractivity contribution is 6.32. The number of halogens is 1. The van der Waals surface area contributed by atoms with Gasteiger partial charge < -0.3 is 14.4 Å². The zero-order chi connectivity index (χ0) is 25.4. The van der Waals surface area contributed by atoms with Gasteiger partial charge in [-0.2, -0.15) is 0 Å². The quantitative estimate of drug-likeness (QED) is 0.189. The number of ether oxygens (including phenoxy) is 1. The van der Waals surface area contributed by atoms with Crippen molar-refractivity contribution in [2.24, 2.45) is 0 Å². The number of nitrogens with zero attached hydrogens (tertiary/aromatic N) is 2. The van der Waals surface area contributed by atoms with Crippen LogP contribution in [0.2, 0.25) is 5.02 Å². The summed E-state index contributed by atoms with van der Waals surface area (Å²) in [6.07, 6.45) is 0. The molecule has 0 spiro atoms. The molecule has 7 nitrogen and oxygen atoms in total. The molecule has 0 fully saturated rings. The van der Waals surface area contributed by atoms with Gasteiger partial charge in [0.1, 0.15) is 0 Å². The fourth-order valence-electron chi connectivity index (χ4n) is 4.61. The smallest absolute Gasteiger partial charge is 0.336 e. The Hall–Kier alpha value is -4.36. The highest BCUT2D eigenvalue weighted by Crippen LogP contribution is 2.44. The summed E-state index contributed by atoms with van der Waals surface area (Å²) < 4.78 is 8.22.